The molecular weight excluding hydrogens is 548 g/mol. The number of nitrogens with one attached hydrogen (secondary N) is 1. The van der Waals surface area contributed by atoms with Crippen molar-refractivity contribution < 1.29 is 9.53 Å². The van der Waals surface area contributed by atoms with E-state index in [1.807, 2.05) is 43.3 Å². The summed E-state index contributed by atoms with van der Waals surface area (Å²) in [5, 5.41) is 3.23. The van der Waals surface area contributed by atoms with Crippen LogP contribution in [-0.2, 0) is 16.6 Å². The van der Waals surface area contributed by atoms with Crippen LogP contribution in [0.1, 0.15) is 23.2 Å². The molecule has 0 saturated carbocycles. The zero-order chi connectivity index (χ0) is 28.6. The molecular formula is C28H28N6O4S2. The van der Waals surface area contributed by atoms with Gasteiger partial charge in [-0.25, -0.2) is 9.67 Å². The summed E-state index contributed by atoms with van der Waals surface area (Å²) in [7, 11) is 3.38. The van der Waals surface area contributed by atoms with Gasteiger partial charge in [0.25, 0.3) is 17.0 Å². The van der Waals surface area contributed by atoms with Crippen molar-refractivity contribution in [1.82, 2.24) is 18.7 Å². The number of methoxy groups -OCH3 is 1. The number of para-hydroxylation sites is 1. The first-order valence-corrected chi connectivity index (χ1v) is 13.8. The molecule has 12 heteroatoms. The summed E-state index contributed by atoms with van der Waals surface area (Å²) < 4.78 is 9.99. The lowest BCUT2D eigenvalue weighted by Gasteiger charge is -2.13. The summed E-state index contributed by atoms with van der Waals surface area (Å²) in [6.07, 6.45) is 3.86. The SMILES string of the molecule is COCCCNc1nc2c(C)cccn2c(=O)c1C=C1SC(=S)N(c2c(C)n(C)n(-c3ccccc3)c2=O)C1=O. The van der Waals surface area contributed by atoms with E-state index in [1.54, 1.807) is 38.0 Å². The second kappa shape index (κ2) is 11.2. The van der Waals surface area contributed by atoms with Crippen molar-refractivity contribution in [3.8, 4) is 5.69 Å². The molecule has 0 unspecified atom stereocenters. The maximum atomic E-state index is 13.7. The molecule has 3 aromatic heterocycles. The number of aromatic nitrogens is 4. The molecule has 1 aromatic carbocycles. The number of nitrogens with zero attached hydrogens (tertiary/aromatic N) is 5. The van der Waals surface area contributed by atoms with Crippen LogP contribution in [0, 0.1) is 13.8 Å². The van der Waals surface area contributed by atoms with E-state index in [2.05, 4.69) is 5.32 Å². The number of aryl methyl sites for hydroxylation is 1. The van der Waals surface area contributed by atoms with Gasteiger partial charge < -0.3 is 10.1 Å². The quantitative estimate of drug-likeness (QED) is 0.193. The van der Waals surface area contributed by atoms with Crippen LogP contribution in [0.3, 0.4) is 0 Å². The van der Waals surface area contributed by atoms with Gasteiger partial charge in [-0.2, -0.15) is 0 Å². The van der Waals surface area contributed by atoms with Gasteiger partial charge in [-0.1, -0.05) is 48.2 Å². The number of fused-ring (bicyclic) bond motifs is 1. The van der Waals surface area contributed by atoms with E-state index < -0.39 is 5.91 Å². The average Bonchev–Trinajstić information content (AvgIpc) is 3.33. The molecule has 0 bridgehead atoms. The Bertz CT molecular complexity index is 1790. The van der Waals surface area contributed by atoms with Crippen LogP contribution in [-0.4, -0.2) is 49.2 Å². The first-order valence-electron chi connectivity index (χ1n) is 12.6. The van der Waals surface area contributed by atoms with Gasteiger partial charge in [0.05, 0.1) is 21.8 Å². The first kappa shape index (κ1) is 27.6. The fraction of sp³-hybridized carbons (Fsp3) is 0.250. The molecule has 1 aliphatic rings. The Morgan fingerprint density at radius 2 is 1.82 bits per heavy atom. The first-order chi connectivity index (χ1) is 19.2. The molecule has 0 radical (unpaired) electrons. The Kier molecular flexibility index (Phi) is 7.74. The summed E-state index contributed by atoms with van der Waals surface area (Å²) >= 11 is 6.63. The van der Waals surface area contributed by atoms with Crippen molar-refractivity contribution >= 4 is 57.4 Å². The second-order valence-electron chi connectivity index (χ2n) is 9.26. The molecule has 1 fully saturated rings. The van der Waals surface area contributed by atoms with E-state index in [-0.39, 0.29) is 31.6 Å². The third kappa shape index (κ3) is 4.78. The molecule has 10 nitrogen and oxygen atoms in total. The molecule has 206 valence electrons. The van der Waals surface area contributed by atoms with Crippen molar-refractivity contribution in [1.29, 1.82) is 0 Å². The number of thioether (sulfide) groups is 1. The van der Waals surface area contributed by atoms with Gasteiger partial charge in [-0.3, -0.25) is 28.4 Å². The maximum absolute atomic E-state index is 13.7. The van der Waals surface area contributed by atoms with Gasteiger partial charge in [0.15, 0.2) is 4.32 Å². The normalized spacial score (nSPS) is 14.6. The van der Waals surface area contributed by atoms with E-state index in [4.69, 9.17) is 21.9 Å². The predicted molar refractivity (Wildman–Crippen MR) is 163 cm³/mol. The smallest absolute Gasteiger partial charge is 0.296 e. The number of hydrogen-bond donors (Lipinski definition) is 1. The third-order valence-electron chi connectivity index (χ3n) is 6.72. The average molecular weight is 577 g/mol. The van der Waals surface area contributed by atoms with Crippen molar-refractivity contribution in [2.75, 3.05) is 30.5 Å². The molecule has 1 saturated heterocycles. The van der Waals surface area contributed by atoms with Crippen molar-refractivity contribution in [2.24, 2.45) is 7.05 Å². The number of amides is 1. The Morgan fingerprint density at radius 1 is 1.07 bits per heavy atom. The zero-order valence-corrected chi connectivity index (χ0v) is 24.1. The van der Waals surface area contributed by atoms with Crippen LogP contribution in [0.25, 0.3) is 17.4 Å². The van der Waals surface area contributed by atoms with E-state index in [1.165, 1.54) is 20.1 Å². The minimum atomic E-state index is -0.472. The number of hydrogen-bond acceptors (Lipinski definition) is 8. The maximum Gasteiger partial charge on any atom is 0.296 e. The largest absolute Gasteiger partial charge is 0.385 e. The van der Waals surface area contributed by atoms with Crippen LogP contribution < -0.4 is 21.3 Å². The Labute approximate surface area is 239 Å². The minimum absolute atomic E-state index is 0.180. The molecule has 0 aliphatic carbocycles. The molecule has 1 amide bonds. The number of ether oxygens (including phenoxy) is 1. The minimum Gasteiger partial charge on any atom is -0.385 e. The van der Waals surface area contributed by atoms with Gasteiger partial charge in [-0.15, -0.1) is 0 Å². The Morgan fingerprint density at radius 3 is 2.55 bits per heavy atom. The standard InChI is InChI=1S/C28H28N6O4S2/c1-17-10-8-14-32-24(17)30-23(29-13-9-15-38-4)20(25(32)35)16-21-26(36)33(28(39)40-21)22-18(2)31(3)34(27(22)37)19-11-6-5-7-12-19/h5-8,10-12,14,16,29H,9,13,15H2,1-4H3. The summed E-state index contributed by atoms with van der Waals surface area (Å²) in [6, 6.07) is 12.8. The summed E-state index contributed by atoms with van der Waals surface area (Å²) in [5.41, 5.74) is 2.32. The molecule has 5 rings (SSSR count). The second-order valence-corrected chi connectivity index (χ2v) is 10.9. The van der Waals surface area contributed by atoms with Gasteiger partial charge in [0.2, 0.25) is 0 Å². The number of thiocarbonyl (C=S) groups is 1. The van der Waals surface area contributed by atoms with E-state index in [9.17, 15) is 14.4 Å². The highest BCUT2D eigenvalue weighted by atomic mass is 32.2. The summed E-state index contributed by atoms with van der Waals surface area (Å²) in [5.74, 6) is -0.108. The monoisotopic (exact) mass is 576 g/mol. The van der Waals surface area contributed by atoms with Crippen LogP contribution in [0.4, 0.5) is 11.5 Å². The number of carbonyl (C=O) groups is 1. The summed E-state index contributed by atoms with van der Waals surface area (Å²) in [6.45, 7) is 4.71. The van der Waals surface area contributed by atoms with E-state index in [0.717, 1.165) is 17.3 Å². The Balaban J connectivity index is 1.59. The molecule has 1 N–H and O–H groups in total. The van der Waals surface area contributed by atoms with Gasteiger partial charge in [0.1, 0.15) is 17.2 Å². The van der Waals surface area contributed by atoms with Crippen molar-refractivity contribution in [3.05, 3.63) is 91.1 Å². The van der Waals surface area contributed by atoms with Crippen LogP contribution >= 0.6 is 24.0 Å². The lowest BCUT2D eigenvalue weighted by atomic mass is 10.2. The number of benzene rings is 1. The van der Waals surface area contributed by atoms with Crippen molar-refractivity contribution in [3.63, 3.8) is 0 Å². The topological polar surface area (TPSA) is 103 Å². The highest BCUT2D eigenvalue weighted by Gasteiger charge is 2.38. The van der Waals surface area contributed by atoms with Gasteiger partial charge in [-0.05, 0) is 50.1 Å². The Hall–Kier alpha value is -4.00. The molecule has 40 heavy (non-hydrogen) atoms. The van der Waals surface area contributed by atoms with Crippen LogP contribution in [0.5, 0.6) is 0 Å². The number of pyridine rings is 1. The predicted octanol–water partition coefficient (Wildman–Crippen LogP) is 3.65. The molecule has 1 aliphatic heterocycles. The number of anilines is 2. The fourth-order valence-electron chi connectivity index (χ4n) is 4.60. The van der Waals surface area contributed by atoms with Gasteiger partial charge >= 0.3 is 0 Å². The lowest BCUT2D eigenvalue weighted by molar-refractivity contribution is -0.113. The molecule has 0 atom stereocenters. The fourth-order valence-corrected chi connectivity index (χ4v) is 5.86. The number of carbonyl (C=O) groups excluding carboxylic acids is 1. The van der Waals surface area contributed by atoms with Crippen LogP contribution in [0.15, 0.2) is 63.2 Å². The van der Waals surface area contributed by atoms with Crippen molar-refractivity contribution in [2.45, 2.75) is 20.3 Å². The van der Waals surface area contributed by atoms with E-state index in [0.29, 0.717) is 42.4 Å². The molecule has 4 heterocycles. The van der Waals surface area contributed by atoms with Gasteiger partial charge in [0, 0.05) is 33.5 Å². The zero-order valence-electron chi connectivity index (χ0n) is 22.5. The third-order valence-corrected chi connectivity index (χ3v) is 8.02. The number of rotatable bonds is 8. The highest BCUT2D eigenvalue weighted by molar-refractivity contribution is 8.27. The summed E-state index contributed by atoms with van der Waals surface area (Å²) in [4.78, 5) is 47.2. The molecule has 4 aromatic rings. The van der Waals surface area contributed by atoms with Crippen LogP contribution in [0.2, 0.25) is 0 Å². The van der Waals surface area contributed by atoms with E-state index >= 15 is 0 Å². The molecule has 0 spiro atoms. The highest BCUT2D eigenvalue weighted by Crippen LogP contribution is 2.36. The lowest BCUT2D eigenvalue weighted by Crippen LogP contribution is -2.33.